The number of nitriles is 1. The Morgan fingerprint density at radius 1 is 1.32 bits per heavy atom. The molecule has 0 bridgehead atoms. The predicted octanol–water partition coefficient (Wildman–Crippen LogP) is 2.50. The average molecular weight is 395 g/mol. The molecule has 1 aliphatic heterocycles. The second kappa shape index (κ2) is 7.84. The first-order valence-corrected chi connectivity index (χ1v) is 10.2. The molecule has 2 aliphatic rings. The minimum atomic E-state index is -0.453. The van der Waals surface area contributed by atoms with Crippen LogP contribution in [0.3, 0.4) is 0 Å². The molecule has 1 amide bonds. The van der Waals surface area contributed by atoms with Crippen LogP contribution >= 0.6 is 11.3 Å². The molecule has 1 aromatic carbocycles. The van der Waals surface area contributed by atoms with Crippen molar-refractivity contribution in [3.05, 3.63) is 51.9 Å². The quantitative estimate of drug-likeness (QED) is 0.697. The Labute approximate surface area is 167 Å². The number of amides is 1. The van der Waals surface area contributed by atoms with E-state index in [0.717, 1.165) is 22.4 Å². The van der Waals surface area contributed by atoms with Crippen molar-refractivity contribution in [3.63, 3.8) is 0 Å². The van der Waals surface area contributed by atoms with Gasteiger partial charge in [-0.1, -0.05) is 30.3 Å². The molecule has 3 N–H and O–H groups in total. The standard InChI is InChI=1S/C21H21N3O3S/c22-9-15-19-16(17(26)6-7-25)10-23-11-18(19)28-21(15)24-20(27)14-8-13(14)12-4-2-1-3-5-12/h1-5,13-14,16,23,25H,6-8,10-11H2,(H,24,27). The lowest BCUT2D eigenvalue weighted by Crippen LogP contribution is -2.32. The summed E-state index contributed by atoms with van der Waals surface area (Å²) in [6.45, 7) is 0.815. The van der Waals surface area contributed by atoms with E-state index in [0.29, 0.717) is 23.7 Å². The third-order valence-electron chi connectivity index (χ3n) is 5.45. The van der Waals surface area contributed by atoms with Crippen LogP contribution in [0.4, 0.5) is 5.00 Å². The van der Waals surface area contributed by atoms with E-state index in [1.54, 1.807) is 0 Å². The van der Waals surface area contributed by atoms with E-state index in [2.05, 4.69) is 16.7 Å². The molecule has 3 unspecified atom stereocenters. The van der Waals surface area contributed by atoms with Crippen LogP contribution < -0.4 is 10.6 Å². The number of benzene rings is 1. The lowest BCUT2D eigenvalue weighted by Gasteiger charge is -2.22. The summed E-state index contributed by atoms with van der Waals surface area (Å²) in [5.41, 5.74) is 2.27. The zero-order chi connectivity index (χ0) is 19.7. The van der Waals surface area contributed by atoms with Gasteiger partial charge in [0.25, 0.3) is 0 Å². The highest BCUT2D eigenvalue weighted by Crippen LogP contribution is 2.48. The molecule has 1 fully saturated rings. The fourth-order valence-electron chi connectivity index (χ4n) is 3.94. The molecule has 1 aliphatic carbocycles. The molecule has 0 radical (unpaired) electrons. The van der Waals surface area contributed by atoms with Crippen molar-refractivity contribution in [1.29, 1.82) is 5.26 Å². The normalized spacial score (nSPS) is 22.8. The van der Waals surface area contributed by atoms with Gasteiger partial charge in [-0.3, -0.25) is 9.59 Å². The van der Waals surface area contributed by atoms with Gasteiger partial charge < -0.3 is 15.7 Å². The summed E-state index contributed by atoms with van der Waals surface area (Å²) in [5.74, 6) is -0.477. The van der Waals surface area contributed by atoms with E-state index in [-0.39, 0.29) is 36.6 Å². The number of thiophene rings is 1. The second-order valence-corrected chi connectivity index (χ2v) is 8.33. The number of anilines is 1. The molecule has 7 heteroatoms. The molecule has 6 nitrogen and oxygen atoms in total. The average Bonchev–Trinajstić information content (AvgIpc) is 3.44. The Balaban J connectivity index is 1.54. The highest BCUT2D eigenvalue weighted by atomic mass is 32.1. The number of aliphatic hydroxyl groups excluding tert-OH is 1. The van der Waals surface area contributed by atoms with Crippen molar-refractivity contribution < 1.29 is 14.7 Å². The highest BCUT2D eigenvalue weighted by molar-refractivity contribution is 7.16. The van der Waals surface area contributed by atoms with Crippen molar-refractivity contribution >= 4 is 28.0 Å². The zero-order valence-electron chi connectivity index (χ0n) is 15.3. The number of aliphatic hydroxyl groups is 1. The first-order chi connectivity index (χ1) is 13.6. The number of fused-ring (bicyclic) bond motifs is 1. The maximum atomic E-state index is 12.7. The summed E-state index contributed by atoms with van der Waals surface area (Å²) < 4.78 is 0. The third-order valence-corrected chi connectivity index (χ3v) is 6.58. The Hall–Kier alpha value is -2.53. The van der Waals surface area contributed by atoms with Crippen LogP contribution in [0.25, 0.3) is 0 Å². The van der Waals surface area contributed by atoms with Gasteiger partial charge in [0, 0.05) is 36.9 Å². The fraction of sp³-hybridized carbons (Fsp3) is 0.381. The van der Waals surface area contributed by atoms with Crippen LogP contribution in [0.15, 0.2) is 30.3 Å². The molecule has 0 spiro atoms. The molecule has 144 valence electrons. The Bertz CT molecular complexity index is 948. The second-order valence-electron chi connectivity index (χ2n) is 7.23. The largest absolute Gasteiger partial charge is 0.396 e. The number of hydrogen-bond donors (Lipinski definition) is 3. The summed E-state index contributed by atoms with van der Waals surface area (Å²) in [6, 6.07) is 12.2. The first kappa shape index (κ1) is 18.8. The smallest absolute Gasteiger partial charge is 0.228 e. The van der Waals surface area contributed by atoms with Crippen molar-refractivity contribution in [1.82, 2.24) is 5.32 Å². The number of hydrogen-bond acceptors (Lipinski definition) is 6. The van der Waals surface area contributed by atoms with Crippen molar-refractivity contribution in [3.8, 4) is 6.07 Å². The minimum absolute atomic E-state index is 0.0645. The summed E-state index contributed by atoms with van der Waals surface area (Å²) in [4.78, 5) is 26.0. The van der Waals surface area contributed by atoms with E-state index in [1.807, 2.05) is 30.3 Å². The number of ketones is 1. The summed E-state index contributed by atoms with van der Waals surface area (Å²) >= 11 is 1.36. The van der Waals surface area contributed by atoms with Gasteiger partial charge in [-0.05, 0) is 23.5 Å². The lowest BCUT2D eigenvalue weighted by atomic mass is 9.88. The van der Waals surface area contributed by atoms with Crippen molar-refractivity contribution in [2.24, 2.45) is 5.92 Å². The third kappa shape index (κ3) is 3.47. The molecule has 1 aromatic heterocycles. The van der Waals surface area contributed by atoms with Crippen molar-refractivity contribution in [2.75, 3.05) is 18.5 Å². The van der Waals surface area contributed by atoms with Crippen LogP contribution in [0.2, 0.25) is 0 Å². The van der Waals surface area contributed by atoms with Gasteiger partial charge in [-0.15, -0.1) is 11.3 Å². The van der Waals surface area contributed by atoms with Crippen LogP contribution in [0.1, 0.15) is 46.2 Å². The van der Waals surface area contributed by atoms with Gasteiger partial charge in [0.05, 0.1) is 11.5 Å². The highest BCUT2D eigenvalue weighted by Gasteiger charge is 2.44. The van der Waals surface area contributed by atoms with Crippen LogP contribution in [-0.2, 0) is 16.1 Å². The molecule has 0 saturated heterocycles. The number of rotatable bonds is 6. The van der Waals surface area contributed by atoms with Gasteiger partial charge >= 0.3 is 0 Å². The number of Topliss-reactive ketones (excluding diaryl/α,β-unsaturated/α-hetero) is 1. The summed E-state index contributed by atoms with van der Waals surface area (Å²) in [6.07, 6.45) is 0.872. The molecule has 3 atom stereocenters. The van der Waals surface area contributed by atoms with Gasteiger partial charge in [-0.2, -0.15) is 5.26 Å². The number of nitrogens with zero attached hydrogens (tertiary/aromatic N) is 1. The Kier molecular flexibility index (Phi) is 5.27. The summed E-state index contributed by atoms with van der Waals surface area (Å²) in [7, 11) is 0. The maximum Gasteiger partial charge on any atom is 0.228 e. The molecule has 1 saturated carbocycles. The van der Waals surface area contributed by atoms with Gasteiger partial charge in [0.15, 0.2) is 0 Å². The number of carbonyl (C=O) groups is 2. The van der Waals surface area contributed by atoms with Gasteiger partial charge in [0.2, 0.25) is 5.91 Å². The van der Waals surface area contributed by atoms with Crippen LogP contribution in [-0.4, -0.2) is 29.9 Å². The molecular formula is C21H21N3O3S. The first-order valence-electron chi connectivity index (χ1n) is 9.39. The minimum Gasteiger partial charge on any atom is -0.396 e. The van der Waals surface area contributed by atoms with E-state index < -0.39 is 5.92 Å². The Morgan fingerprint density at radius 2 is 2.11 bits per heavy atom. The molecule has 2 heterocycles. The van der Waals surface area contributed by atoms with E-state index in [4.69, 9.17) is 5.11 Å². The topological polar surface area (TPSA) is 102 Å². The zero-order valence-corrected chi connectivity index (χ0v) is 16.1. The van der Waals surface area contributed by atoms with Gasteiger partial charge in [-0.25, -0.2) is 0 Å². The van der Waals surface area contributed by atoms with Crippen LogP contribution in [0.5, 0.6) is 0 Å². The van der Waals surface area contributed by atoms with E-state index in [1.165, 1.54) is 11.3 Å². The monoisotopic (exact) mass is 395 g/mol. The van der Waals surface area contributed by atoms with Crippen LogP contribution in [0, 0.1) is 17.2 Å². The number of carbonyl (C=O) groups excluding carboxylic acids is 2. The van der Waals surface area contributed by atoms with Gasteiger partial charge in [0.1, 0.15) is 16.9 Å². The summed E-state index contributed by atoms with van der Waals surface area (Å²) in [5, 5.41) is 25.5. The van der Waals surface area contributed by atoms with E-state index in [9.17, 15) is 14.9 Å². The van der Waals surface area contributed by atoms with E-state index >= 15 is 0 Å². The number of nitrogens with one attached hydrogen (secondary N) is 2. The maximum absolute atomic E-state index is 12.7. The Morgan fingerprint density at radius 3 is 2.82 bits per heavy atom. The molecule has 2 aromatic rings. The predicted molar refractivity (Wildman–Crippen MR) is 106 cm³/mol. The fourth-order valence-corrected chi connectivity index (χ4v) is 5.12. The molecule has 4 rings (SSSR count). The molecular weight excluding hydrogens is 374 g/mol. The lowest BCUT2D eigenvalue weighted by molar-refractivity contribution is -0.121. The van der Waals surface area contributed by atoms with Crippen molar-refractivity contribution in [2.45, 2.75) is 31.2 Å². The molecule has 28 heavy (non-hydrogen) atoms. The SMILES string of the molecule is N#Cc1c(NC(=O)C2CC2c2ccccc2)sc2c1C(C(=O)CCO)CNC2.